The summed E-state index contributed by atoms with van der Waals surface area (Å²) in [5, 5.41) is 2.80. The summed E-state index contributed by atoms with van der Waals surface area (Å²) in [6.07, 6.45) is 2.17. The van der Waals surface area contributed by atoms with Crippen molar-refractivity contribution in [3.05, 3.63) is 76.9 Å². The van der Waals surface area contributed by atoms with E-state index in [1.807, 2.05) is 37.3 Å². The highest BCUT2D eigenvalue weighted by atomic mass is 79.9. The van der Waals surface area contributed by atoms with Gasteiger partial charge in [0.2, 0.25) is 11.8 Å². The summed E-state index contributed by atoms with van der Waals surface area (Å²) in [6.45, 7) is 2.31. The van der Waals surface area contributed by atoms with E-state index in [1.54, 1.807) is 30.3 Å². The van der Waals surface area contributed by atoms with Gasteiger partial charge in [-0.05, 0) is 42.8 Å². The molecule has 0 aliphatic heterocycles. The van der Waals surface area contributed by atoms with Crippen molar-refractivity contribution in [1.29, 1.82) is 0 Å². The number of pyridine rings is 1. The number of anilines is 1. The van der Waals surface area contributed by atoms with Gasteiger partial charge in [0, 0.05) is 23.3 Å². The van der Waals surface area contributed by atoms with Crippen molar-refractivity contribution in [3.8, 4) is 17.4 Å². The lowest BCUT2D eigenvalue weighted by molar-refractivity contribution is -0.116. The van der Waals surface area contributed by atoms with E-state index in [1.165, 1.54) is 18.2 Å². The number of carbonyl (C=O) groups is 2. The number of halogens is 1. The Hall–Kier alpha value is -3.39. The molecular weight excluding hydrogens is 474 g/mol. The maximum absolute atomic E-state index is 13.0. The van der Waals surface area contributed by atoms with Crippen LogP contribution in [0.2, 0.25) is 0 Å². The molecule has 0 saturated heterocycles. The van der Waals surface area contributed by atoms with Crippen LogP contribution in [0.5, 0.6) is 17.4 Å². The number of hydrogen-bond acceptors (Lipinski definition) is 5. The summed E-state index contributed by atoms with van der Waals surface area (Å²) in [5.41, 5.74) is 0.935. The molecule has 0 bridgehead atoms. The first-order valence-electron chi connectivity index (χ1n) is 10.1. The molecule has 0 spiro atoms. The van der Waals surface area contributed by atoms with E-state index in [0.717, 1.165) is 4.47 Å². The molecule has 0 atom stereocenters. The maximum atomic E-state index is 13.0. The number of methoxy groups -OCH3 is 1. The van der Waals surface area contributed by atoms with Gasteiger partial charge in [-0.15, -0.1) is 0 Å². The van der Waals surface area contributed by atoms with Crippen LogP contribution in [0.3, 0.4) is 0 Å². The van der Waals surface area contributed by atoms with Gasteiger partial charge in [-0.3, -0.25) is 9.59 Å². The minimum Gasteiger partial charge on any atom is -0.495 e. The molecule has 0 saturated carbocycles. The van der Waals surface area contributed by atoms with Crippen LogP contribution in [0.4, 0.5) is 5.69 Å². The first kappa shape index (κ1) is 23.3. The van der Waals surface area contributed by atoms with Crippen molar-refractivity contribution in [1.82, 2.24) is 9.88 Å². The van der Waals surface area contributed by atoms with Crippen LogP contribution in [0, 0.1) is 0 Å². The summed E-state index contributed by atoms with van der Waals surface area (Å²) in [4.78, 5) is 31.3. The van der Waals surface area contributed by atoms with Crippen molar-refractivity contribution in [2.45, 2.75) is 13.3 Å². The Kier molecular flexibility index (Phi) is 8.21. The molecule has 1 aromatic heterocycles. The molecule has 0 unspecified atom stereocenters. The molecule has 3 rings (SSSR count). The number of hydrogen-bond donors (Lipinski definition) is 1. The molecule has 0 radical (unpaired) electrons. The molecule has 32 heavy (non-hydrogen) atoms. The molecule has 2 amide bonds. The number of rotatable bonds is 9. The summed E-state index contributed by atoms with van der Waals surface area (Å²) >= 11 is 3.39. The number of ether oxygens (including phenoxy) is 2. The number of nitrogens with one attached hydrogen (secondary N) is 1. The quantitative estimate of drug-likeness (QED) is 0.442. The predicted octanol–water partition coefficient (Wildman–Crippen LogP) is 5.14. The summed E-state index contributed by atoms with van der Waals surface area (Å²) in [7, 11) is 1.54. The van der Waals surface area contributed by atoms with E-state index in [2.05, 4.69) is 26.2 Å². The summed E-state index contributed by atoms with van der Waals surface area (Å²) in [6, 6.07) is 17.8. The topological polar surface area (TPSA) is 80.8 Å². The Bertz CT molecular complexity index is 1070. The van der Waals surface area contributed by atoms with E-state index in [4.69, 9.17) is 9.47 Å². The fraction of sp³-hybridized carbons (Fsp3) is 0.208. The molecule has 166 valence electrons. The van der Waals surface area contributed by atoms with E-state index in [0.29, 0.717) is 41.6 Å². The van der Waals surface area contributed by atoms with Crippen LogP contribution in [0.25, 0.3) is 0 Å². The fourth-order valence-corrected chi connectivity index (χ4v) is 3.41. The Morgan fingerprint density at radius 1 is 1.09 bits per heavy atom. The van der Waals surface area contributed by atoms with Crippen LogP contribution in [0.15, 0.2) is 71.3 Å². The molecular formula is C24H24BrN3O4. The van der Waals surface area contributed by atoms with Gasteiger partial charge in [0.1, 0.15) is 18.0 Å². The van der Waals surface area contributed by atoms with Crippen LogP contribution >= 0.6 is 15.9 Å². The van der Waals surface area contributed by atoms with Gasteiger partial charge in [0.25, 0.3) is 5.91 Å². The minimum atomic E-state index is -0.307. The molecule has 1 heterocycles. The molecule has 8 heteroatoms. The van der Waals surface area contributed by atoms with Gasteiger partial charge >= 0.3 is 0 Å². The predicted molar refractivity (Wildman–Crippen MR) is 126 cm³/mol. The van der Waals surface area contributed by atoms with Crippen LogP contribution < -0.4 is 14.8 Å². The maximum Gasteiger partial charge on any atom is 0.255 e. The van der Waals surface area contributed by atoms with Crippen molar-refractivity contribution in [2.24, 2.45) is 0 Å². The molecule has 0 aliphatic carbocycles. The minimum absolute atomic E-state index is 0.0823. The summed E-state index contributed by atoms with van der Waals surface area (Å²) in [5.74, 6) is 0.976. The molecule has 1 N–H and O–H groups in total. The van der Waals surface area contributed by atoms with E-state index >= 15 is 0 Å². The first-order chi connectivity index (χ1) is 15.5. The largest absolute Gasteiger partial charge is 0.495 e. The lowest BCUT2D eigenvalue weighted by atomic mass is 10.2. The number of para-hydroxylation sites is 2. The Morgan fingerprint density at radius 3 is 2.59 bits per heavy atom. The van der Waals surface area contributed by atoms with Crippen molar-refractivity contribution < 1.29 is 19.1 Å². The third-order valence-corrected chi connectivity index (χ3v) is 4.99. The van der Waals surface area contributed by atoms with Gasteiger partial charge in [-0.25, -0.2) is 4.98 Å². The Morgan fingerprint density at radius 2 is 1.91 bits per heavy atom. The molecule has 7 nitrogen and oxygen atoms in total. The molecule has 2 aromatic carbocycles. The highest BCUT2D eigenvalue weighted by Gasteiger charge is 2.19. The van der Waals surface area contributed by atoms with Gasteiger partial charge in [-0.1, -0.05) is 41.1 Å². The second kappa shape index (κ2) is 11.3. The van der Waals surface area contributed by atoms with Crippen molar-refractivity contribution in [3.63, 3.8) is 0 Å². The number of amides is 2. The number of aromatic nitrogens is 1. The van der Waals surface area contributed by atoms with Crippen molar-refractivity contribution >= 4 is 33.4 Å². The third-order valence-electron chi connectivity index (χ3n) is 4.50. The van der Waals surface area contributed by atoms with Crippen LogP contribution in [0.1, 0.15) is 23.7 Å². The van der Waals surface area contributed by atoms with Crippen LogP contribution in [-0.4, -0.2) is 41.9 Å². The average Bonchev–Trinajstić information content (AvgIpc) is 2.79. The average molecular weight is 498 g/mol. The van der Waals surface area contributed by atoms with Crippen molar-refractivity contribution in [2.75, 3.05) is 25.5 Å². The zero-order chi connectivity index (χ0) is 22.9. The second-order valence-electron chi connectivity index (χ2n) is 6.92. The Balaban J connectivity index is 1.66. The van der Waals surface area contributed by atoms with E-state index in [9.17, 15) is 9.59 Å². The second-order valence-corrected chi connectivity index (χ2v) is 7.84. The number of carbonyl (C=O) groups excluding carboxylic acids is 2. The lowest BCUT2D eigenvalue weighted by Crippen LogP contribution is -2.38. The van der Waals surface area contributed by atoms with Gasteiger partial charge < -0.3 is 19.7 Å². The van der Waals surface area contributed by atoms with Crippen LogP contribution in [-0.2, 0) is 4.79 Å². The first-order valence-corrected chi connectivity index (χ1v) is 10.9. The zero-order valence-corrected chi connectivity index (χ0v) is 19.5. The number of benzene rings is 2. The number of nitrogens with zero attached hydrogens (tertiary/aromatic N) is 2. The summed E-state index contributed by atoms with van der Waals surface area (Å²) < 4.78 is 11.9. The highest BCUT2D eigenvalue weighted by Crippen LogP contribution is 2.24. The SMILES string of the molecule is CCCN(CC(=O)Nc1ccccc1OC)C(=O)c1ccc(Oc2cccc(Br)c2)nc1. The highest BCUT2D eigenvalue weighted by molar-refractivity contribution is 9.10. The smallest absolute Gasteiger partial charge is 0.255 e. The molecule has 0 aliphatic rings. The fourth-order valence-electron chi connectivity index (χ4n) is 3.03. The normalized spacial score (nSPS) is 10.3. The Labute approximate surface area is 195 Å². The van der Waals surface area contributed by atoms with Gasteiger partial charge in [0.05, 0.1) is 18.4 Å². The standard InChI is InChI=1S/C24H24BrN3O4/c1-3-13-28(16-22(29)27-20-9-4-5-10-21(20)31-2)24(30)17-11-12-23(26-15-17)32-19-8-6-7-18(25)14-19/h4-12,14-15H,3,13,16H2,1-2H3,(H,27,29). The van der Waals surface area contributed by atoms with Gasteiger partial charge in [0.15, 0.2) is 0 Å². The monoisotopic (exact) mass is 497 g/mol. The van der Waals surface area contributed by atoms with E-state index in [-0.39, 0.29) is 18.4 Å². The molecule has 3 aromatic rings. The third kappa shape index (κ3) is 6.31. The van der Waals surface area contributed by atoms with Gasteiger partial charge in [-0.2, -0.15) is 0 Å². The molecule has 0 fully saturated rings. The lowest BCUT2D eigenvalue weighted by Gasteiger charge is -2.22. The van der Waals surface area contributed by atoms with E-state index < -0.39 is 0 Å². The zero-order valence-electron chi connectivity index (χ0n) is 17.9.